The minimum atomic E-state index is 0.0411. The Morgan fingerprint density at radius 1 is 1.27 bits per heavy atom. The molecule has 0 aromatic heterocycles. The average Bonchev–Trinajstić information content (AvgIpc) is 2.74. The molecule has 0 heterocycles. The highest BCUT2D eigenvalue weighted by atomic mass is 79.9. The predicted octanol–water partition coefficient (Wildman–Crippen LogP) is 4.32. The Kier molecular flexibility index (Phi) is 3.65. The highest BCUT2D eigenvalue weighted by Gasteiger charge is 2.17. The molecule has 1 aliphatic carbocycles. The van der Waals surface area contributed by atoms with Crippen LogP contribution in [-0.4, -0.2) is 0 Å². The third-order valence-corrected chi connectivity index (χ3v) is 3.98. The molecule has 2 N–H and O–H groups in total. The van der Waals surface area contributed by atoms with E-state index in [9.17, 15) is 0 Å². The molecular weight excluding hydrogens is 318 g/mol. The second-order valence-electron chi connectivity index (χ2n) is 3.81. The lowest BCUT2D eigenvalue weighted by atomic mass is 9.99. The fourth-order valence-electron chi connectivity index (χ4n) is 1.93. The maximum Gasteiger partial charge on any atom is 0.0522 e. The summed E-state index contributed by atoms with van der Waals surface area (Å²) in [6.07, 6.45) is 5.83. The zero-order valence-electron chi connectivity index (χ0n) is 8.34. The minimum Gasteiger partial charge on any atom is -0.321 e. The van der Waals surface area contributed by atoms with Gasteiger partial charge in [0, 0.05) is 8.95 Å². The number of allylic oxidation sites excluding steroid dienone is 1. The molecule has 0 radical (unpaired) electrons. The van der Waals surface area contributed by atoms with Crippen molar-refractivity contribution in [3.63, 3.8) is 0 Å². The third kappa shape index (κ3) is 2.52. The van der Waals surface area contributed by atoms with Gasteiger partial charge in [0.1, 0.15) is 0 Å². The van der Waals surface area contributed by atoms with Crippen LogP contribution < -0.4 is 5.73 Å². The molecule has 0 bridgehead atoms. The molecule has 0 saturated heterocycles. The Labute approximate surface area is 107 Å². The van der Waals surface area contributed by atoms with Crippen LogP contribution in [0.4, 0.5) is 0 Å². The molecule has 15 heavy (non-hydrogen) atoms. The van der Waals surface area contributed by atoms with Crippen molar-refractivity contribution in [1.29, 1.82) is 0 Å². The first kappa shape index (κ1) is 11.4. The van der Waals surface area contributed by atoms with E-state index in [1.807, 2.05) is 12.1 Å². The van der Waals surface area contributed by atoms with Crippen LogP contribution in [0.1, 0.15) is 30.9 Å². The molecule has 80 valence electrons. The lowest BCUT2D eigenvalue weighted by Gasteiger charge is -2.15. The molecule has 2 rings (SSSR count). The molecule has 1 aliphatic rings. The molecule has 1 nitrogen and oxygen atoms in total. The Bertz CT molecular complexity index is 399. The van der Waals surface area contributed by atoms with Gasteiger partial charge in [-0.05, 0) is 43.0 Å². The van der Waals surface area contributed by atoms with Crippen molar-refractivity contribution >= 4 is 31.9 Å². The van der Waals surface area contributed by atoms with E-state index in [1.165, 1.54) is 18.4 Å². The van der Waals surface area contributed by atoms with E-state index < -0.39 is 0 Å². The van der Waals surface area contributed by atoms with Gasteiger partial charge < -0.3 is 5.73 Å². The lowest BCUT2D eigenvalue weighted by molar-refractivity contribution is 0.781. The molecule has 0 fully saturated rings. The van der Waals surface area contributed by atoms with E-state index in [0.29, 0.717) is 0 Å². The number of halogens is 2. The second kappa shape index (κ2) is 4.81. The molecule has 0 aliphatic heterocycles. The van der Waals surface area contributed by atoms with Gasteiger partial charge in [0.2, 0.25) is 0 Å². The second-order valence-corrected chi connectivity index (χ2v) is 5.58. The molecule has 1 atom stereocenters. The van der Waals surface area contributed by atoms with Gasteiger partial charge in [-0.1, -0.05) is 43.5 Å². The largest absolute Gasteiger partial charge is 0.321 e. The van der Waals surface area contributed by atoms with Crippen LogP contribution >= 0.6 is 31.9 Å². The van der Waals surface area contributed by atoms with Crippen molar-refractivity contribution in [3.8, 4) is 0 Å². The summed E-state index contributed by atoms with van der Waals surface area (Å²) >= 11 is 7.03. The maximum atomic E-state index is 6.25. The van der Waals surface area contributed by atoms with Crippen LogP contribution in [0.3, 0.4) is 0 Å². The van der Waals surface area contributed by atoms with Gasteiger partial charge in [0.15, 0.2) is 0 Å². The van der Waals surface area contributed by atoms with E-state index in [2.05, 4.69) is 44.0 Å². The molecule has 0 spiro atoms. The summed E-state index contributed by atoms with van der Waals surface area (Å²) < 4.78 is 2.17. The Balaban J connectivity index is 2.31. The van der Waals surface area contributed by atoms with E-state index in [0.717, 1.165) is 20.9 Å². The van der Waals surface area contributed by atoms with Crippen molar-refractivity contribution in [2.24, 2.45) is 5.73 Å². The Morgan fingerprint density at radius 2 is 2.07 bits per heavy atom. The van der Waals surface area contributed by atoms with E-state index >= 15 is 0 Å². The van der Waals surface area contributed by atoms with Crippen molar-refractivity contribution in [2.75, 3.05) is 0 Å². The molecule has 0 amide bonds. The van der Waals surface area contributed by atoms with E-state index in [-0.39, 0.29) is 6.04 Å². The summed E-state index contributed by atoms with van der Waals surface area (Å²) in [6, 6.07) is 6.19. The van der Waals surface area contributed by atoms with Gasteiger partial charge in [-0.2, -0.15) is 0 Å². The van der Waals surface area contributed by atoms with Crippen molar-refractivity contribution in [1.82, 2.24) is 0 Å². The SMILES string of the molecule is NC(C1=CCCC1)c1cc(Br)ccc1Br. The third-order valence-electron chi connectivity index (χ3n) is 2.77. The molecule has 1 unspecified atom stereocenters. The van der Waals surface area contributed by atoms with Crippen LogP contribution in [0.25, 0.3) is 0 Å². The van der Waals surface area contributed by atoms with Crippen molar-refractivity contribution < 1.29 is 0 Å². The molecule has 3 heteroatoms. The summed E-state index contributed by atoms with van der Waals surface area (Å²) in [7, 11) is 0. The average molecular weight is 331 g/mol. The highest BCUT2D eigenvalue weighted by Crippen LogP contribution is 2.33. The van der Waals surface area contributed by atoms with E-state index in [1.54, 1.807) is 0 Å². The van der Waals surface area contributed by atoms with Crippen LogP contribution in [0.2, 0.25) is 0 Å². The van der Waals surface area contributed by atoms with Gasteiger partial charge in [-0.25, -0.2) is 0 Å². The Hall–Kier alpha value is -0.120. The quantitative estimate of drug-likeness (QED) is 0.803. The molecule has 1 aromatic rings. The number of benzene rings is 1. The van der Waals surface area contributed by atoms with Crippen LogP contribution in [-0.2, 0) is 0 Å². The van der Waals surface area contributed by atoms with Gasteiger partial charge in [-0.15, -0.1) is 0 Å². The van der Waals surface area contributed by atoms with Crippen LogP contribution in [0.15, 0.2) is 38.8 Å². The van der Waals surface area contributed by atoms with Gasteiger partial charge in [-0.3, -0.25) is 0 Å². The normalized spacial score (nSPS) is 17.7. The van der Waals surface area contributed by atoms with Gasteiger partial charge in [0.05, 0.1) is 6.04 Å². The number of hydrogen-bond acceptors (Lipinski definition) is 1. The predicted molar refractivity (Wildman–Crippen MR) is 70.7 cm³/mol. The molecular formula is C12H13Br2N. The summed E-state index contributed by atoms with van der Waals surface area (Å²) in [4.78, 5) is 0. The minimum absolute atomic E-state index is 0.0411. The van der Waals surface area contributed by atoms with Crippen molar-refractivity contribution in [3.05, 3.63) is 44.4 Å². The maximum absolute atomic E-state index is 6.25. The first-order chi connectivity index (χ1) is 7.18. The smallest absolute Gasteiger partial charge is 0.0522 e. The van der Waals surface area contributed by atoms with Gasteiger partial charge >= 0.3 is 0 Å². The summed E-state index contributed by atoms with van der Waals surface area (Å²) in [5.41, 5.74) is 8.78. The number of hydrogen-bond donors (Lipinski definition) is 1. The van der Waals surface area contributed by atoms with Crippen molar-refractivity contribution in [2.45, 2.75) is 25.3 Å². The first-order valence-corrected chi connectivity index (χ1v) is 6.66. The van der Waals surface area contributed by atoms with Crippen LogP contribution in [0.5, 0.6) is 0 Å². The van der Waals surface area contributed by atoms with Crippen LogP contribution in [0, 0.1) is 0 Å². The monoisotopic (exact) mass is 329 g/mol. The highest BCUT2D eigenvalue weighted by molar-refractivity contribution is 9.11. The van der Waals surface area contributed by atoms with Gasteiger partial charge in [0.25, 0.3) is 0 Å². The fourth-order valence-corrected chi connectivity index (χ4v) is 2.80. The lowest BCUT2D eigenvalue weighted by Crippen LogP contribution is -2.12. The zero-order chi connectivity index (χ0) is 10.8. The molecule has 0 saturated carbocycles. The topological polar surface area (TPSA) is 26.0 Å². The zero-order valence-corrected chi connectivity index (χ0v) is 11.5. The summed E-state index contributed by atoms with van der Waals surface area (Å²) in [5, 5.41) is 0. The summed E-state index contributed by atoms with van der Waals surface area (Å²) in [6.45, 7) is 0. The summed E-state index contributed by atoms with van der Waals surface area (Å²) in [5.74, 6) is 0. The molecule has 1 aromatic carbocycles. The first-order valence-electron chi connectivity index (χ1n) is 5.08. The number of rotatable bonds is 2. The standard InChI is InChI=1S/C12H13Br2N/c13-9-5-6-11(14)10(7-9)12(15)8-3-1-2-4-8/h3,5-7,12H,1-2,4,15H2. The number of nitrogens with two attached hydrogens (primary N) is 1. The fraction of sp³-hybridized carbons (Fsp3) is 0.333. The Morgan fingerprint density at radius 3 is 2.73 bits per heavy atom. The van der Waals surface area contributed by atoms with E-state index in [4.69, 9.17) is 5.73 Å².